The molecule has 140 valence electrons. The normalized spacial score (nSPS) is 19.6. The molecule has 0 radical (unpaired) electrons. The quantitative estimate of drug-likeness (QED) is 0.816. The van der Waals surface area contributed by atoms with E-state index in [-0.39, 0.29) is 23.8 Å². The maximum absolute atomic E-state index is 12.7. The summed E-state index contributed by atoms with van der Waals surface area (Å²) in [5, 5.41) is 5.59. The van der Waals surface area contributed by atoms with Crippen LogP contribution in [0.4, 0.5) is 10.5 Å². The Kier molecular flexibility index (Phi) is 4.78. The smallest absolute Gasteiger partial charge is 0.325 e. The highest BCUT2D eigenvalue weighted by atomic mass is 16.2. The van der Waals surface area contributed by atoms with E-state index in [0.717, 1.165) is 24.2 Å². The van der Waals surface area contributed by atoms with Gasteiger partial charge in [-0.2, -0.15) is 0 Å². The standard InChI is InChI=1S/C20H27N3O3/c1-19(2,3)14-7-9-15(10-8-14)21-16(24)13-23-17(25)20(22-18(23)26)11-5-4-6-12-20/h7-10H,4-6,11-13H2,1-3H3,(H,21,24)(H,22,26). The number of amides is 4. The molecule has 6 heteroatoms. The molecule has 6 nitrogen and oxygen atoms in total. The van der Waals surface area contributed by atoms with E-state index in [4.69, 9.17) is 0 Å². The Labute approximate surface area is 154 Å². The minimum absolute atomic E-state index is 0.0386. The van der Waals surface area contributed by atoms with E-state index in [0.29, 0.717) is 18.5 Å². The third kappa shape index (κ3) is 3.59. The molecule has 0 atom stereocenters. The Bertz CT molecular complexity index is 713. The molecule has 1 spiro atoms. The minimum atomic E-state index is -0.788. The van der Waals surface area contributed by atoms with Gasteiger partial charge >= 0.3 is 6.03 Å². The summed E-state index contributed by atoms with van der Waals surface area (Å²) in [6.07, 6.45) is 4.24. The predicted octanol–water partition coefficient (Wildman–Crippen LogP) is 3.18. The number of hydrogen-bond acceptors (Lipinski definition) is 3. The maximum atomic E-state index is 12.7. The summed E-state index contributed by atoms with van der Waals surface area (Å²) >= 11 is 0. The van der Waals surface area contributed by atoms with Gasteiger partial charge in [0.2, 0.25) is 5.91 Å². The Morgan fingerprint density at radius 1 is 1.12 bits per heavy atom. The lowest BCUT2D eigenvalue weighted by Gasteiger charge is -2.30. The highest BCUT2D eigenvalue weighted by Crippen LogP contribution is 2.33. The van der Waals surface area contributed by atoms with Crippen LogP contribution in [0.15, 0.2) is 24.3 Å². The highest BCUT2D eigenvalue weighted by Gasteiger charge is 2.51. The molecule has 2 N–H and O–H groups in total. The summed E-state index contributed by atoms with van der Waals surface area (Å²) in [6.45, 7) is 6.12. The number of imide groups is 1. The van der Waals surface area contributed by atoms with E-state index in [1.54, 1.807) is 0 Å². The number of rotatable bonds is 3. The van der Waals surface area contributed by atoms with E-state index < -0.39 is 11.6 Å². The van der Waals surface area contributed by atoms with Crippen molar-refractivity contribution < 1.29 is 14.4 Å². The van der Waals surface area contributed by atoms with E-state index in [1.165, 1.54) is 5.56 Å². The van der Waals surface area contributed by atoms with E-state index in [9.17, 15) is 14.4 Å². The van der Waals surface area contributed by atoms with Gasteiger partial charge < -0.3 is 10.6 Å². The van der Waals surface area contributed by atoms with Gasteiger partial charge in [-0.15, -0.1) is 0 Å². The van der Waals surface area contributed by atoms with Crippen LogP contribution in [0.5, 0.6) is 0 Å². The summed E-state index contributed by atoms with van der Waals surface area (Å²) in [7, 11) is 0. The summed E-state index contributed by atoms with van der Waals surface area (Å²) in [6, 6.07) is 7.16. The number of hydrogen-bond donors (Lipinski definition) is 2. The first kappa shape index (κ1) is 18.4. The van der Waals surface area contributed by atoms with E-state index in [2.05, 4.69) is 31.4 Å². The largest absolute Gasteiger partial charge is 0.325 e. The van der Waals surface area contributed by atoms with Crippen LogP contribution >= 0.6 is 0 Å². The summed E-state index contributed by atoms with van der Waals surface area (Å²) in [5.74, 6) is -0.634. The van der Waals surface area contributed by atoms with Gasteiger partial charge in [0, 0.05) is 5.69 Å². The molecule has 1 saturated heterocycles. The molecule has 2 fully saturated rings. The second kappa shape index (κ2) is 6.74. The number of nitrogens with one attached hydrogen (secondary N) is 2. The number of anilines is 1. The lowest BCUT2D eigenvalue weighted by atomic mass is 9.82. The van der Waals surface area contributed by atoms with Gasteiger partial charge in [-0.3, -0.25) is 14.5 Å². The zero-order chi connectivity index (χ0) is 18.9. The molecule has 26 heavy (non-hydrogen) atoms. The molecule has 4 amide bonds. The zero-order valence-electron chi connectivity index (χ0n) is 15.7. The maximum Gasteiger partial charge on any atom is 0.325 e. The Morgan fingerprint density at radius 2 is 1.73 bits per heavy atom. The average molecular weight is 357 g/mol. The molecule has 1 saturated carbocycles. The number of carbonyl (C=O) groups excluding carboxylic acids is 3. The molecule has 1 aromatic rings. The Hall–Kier alpha value is -2.37. The SMILES string of the molecule is CC(C)(C)c1ccc(NC(=O)CN2C(=O)NC3(CCCCC3)C2=O)cc1. The van der Waals surface area contributed by atoms with Gasteiger partial charge in [0.15, 0.2) is 0 Å². The number of carbonyl (C=O) groups is 3. The van der Waals surface area contributed by atoms with Crippen LogP contribution in [-0.4, -0.2) is 34.8 Å². The average Bonchev–Trinajstić information content (AvgIpc) is 2.79. The zero-order valence-corrected chi connectivity index (χ0v) is 15.7. The highest BCUT2D eigenvalue weighted by molar-refractivity contribution is 6.10. The van der Waals surface area contributed by atoms with Crippen molar-refractivity contribution in [3.63, 3.8) is 0 Å². The molecule has 1 aliphatic carbocycles. The van der Waals surface area contributed by atoms with Gasteiger partial charge in [-0.1, -0.05) is 52.2 Å². The van der Waals surface area contributed by atoms with Gasteiger partial charge in [0.1, 0.15) is 12.1 Å². The fourth-order valence-electron chi connectivity index (χ4n) is 3.71. The Morgan fingerprint density at radius 3 is 2.31 bits per heavy atom. The lowest BCUT2D eigenvalue weighted by molar-refractivity contribution is -0.134. The van der Waals surface area contributed by atoms with Gasteiger partial charge in [-0.25, -0.2) is 4.79 Å². The summed E-state index contributed by atoms with van der Waals surface area (Å²) in [5.41, 5.74) is 1.08. The molecular formula is C20H27N3O3. The number of urea groups is 1. The molecule has 3 rings (SSSR count). The molecule has 0 aromatic heterocycles. The minimum Gasteiger partial charge on any atom is -0.325 e. The summed E-state index contributed by atoms with van der Waals surface area (Å²) < 4.78 is 0. The van der Waals surface area contributed by atoms with Crippen molar-refractivity contribution in [1.82, 2.24) is 10.2 Å². The molecule has 0 unspecified atom stereocenters. The van der Waals surface area contributed by atoms with Gasteiger partial charge in [0.05, 0.1) is 0 Å². The van der Waals surface area contributed by atoms with Crippen LogP contribution in [0.1, 0.15) is 58.4 Å². The predicted molar refractivity (Wildman–Crippen MR) is 99.8 cm³/mol. The number of nitrogens with zero attached hydrogens (tertiary/aromatic N) is 1. The van der Waals surface area contributed by atoms with Crippen molar-refractivity contribution in [2.75, 3.05) is 11.9 Å². The molecule has 1 aliphatic heterocycles. The van der Waals surface area contributed by atoms with Crippen LogP contribution in [-0.2, 0) is 15.0 Å². The van der Waals surface area contributed by atoms with Gasteiger partial charge in [0.25, 0.3) is 5.91 Å². The van der Waals surface area contributed by atoms with Crippen LogP contribution in [0.3, 0.4) is 0 Å². The Balaban J connectivity index is 1.63. The van der Waals surface area contributed by atoms with Gasteiger partial charge in [-0.05, 0) is 36.0 Å². The van der Waals surface area contributed by atoms with E-state index in [1.807, 2.05) is 24.3 Å². The molecule has 2 aliphatic rings. The number of benzene rings is 1. The molecule has 0 bridgehead atoms. The monoisotopic (exact) mass is 357 g/mol. The third-order valence-corrected chi connectivity index (χ3v) is 5.29. The molecule has 1 heterocycles. The van der Waals surface area contributed by atoms with Crippen molar-refractivity contribution >= 4 is 23.5 Å². The molecule has 1 aromatic carbocycles. The molecular weight excluding hydrogens is 330 g/mol. The van der Waals surface area contributed by atoms with Crippen molar-refractivity contribution in [2.45, 2.75) is 63.8 Å². The van der Waals surface area contributed by atoms with Crippen LogP contribution < -0.4 is 10.6 Å². The first-order valence-electron chi connectivity index (χ1n) is 9.26. The fraction of sp³-hybridized carbons (Fsp3) is 0.550. The second-order valence-corrected chi connectivity index (χ2v) is 8.34. The van der Waals surface area contributed by atoms with Crippen LogP contribution in [0.2, 0.25) is 0 Å². The first-order chi connectivity index (χ1) is 12.2. The van der Waals surface area contributed by atoms with E-state index >= 15 is 0 Å². The van der Waals surface area contributed by atoms with Crippen molar-refractivity contribution in [3.05, 3.63) is 29.8 Å². The van der Waals surface area contributed by atoms with Crippen molar-refractivity contribution in [3.8, 4) is 0 Å². The first-order valence-corrected chi connectivity index (χ1v) is 9.26. The second-order valence-electron chi connectivity index (χ2n) is 8.34. The van der Waals surface area contributed by atoms with Crippen molar-refractivity contribution in [2.24, 2.45) is 0 Å². The fourth-order valence-corrected chi connectivity index (χ4v) is 3.71. The summed E-state index contributed by atoms with van der Waals surface area (Å²) in [4.78, 5) is 38.3. The lowest BCUT2D eigenvalue weighted by Crippen LogP contribution is -2.48. The van der Waals surface area contributed by atoms with Crippen LogP contribution in [0.25, 0.3) is 0 Å². The van der Waals surface area contributed by atoms with Crippen LogP contribution in [0, 0.1) is 0 Å². The van der Waals surface area contributed by atoms with Crippen molar-refractivity contribution in [1.29, 1.82) is 0 Å². The topological polar surface area (TPSA) is 78.5 Å². The third-order valence-electron chi connectivity index (χ3n) is 5.29.